The summed E-state index contributed by atoms with van der Waals surface area (Å²) in [4.78, 5) is 28.7. The number of nitrogens with zero attached hydrogens (tertiary/aromatic N) is 2. The number of hydrogen-bond donors (Lipinski definition) is 2. The molecule has 0 spiro atoms. The van der Waals surface area contributed by atoms with E-state index in [2.05, 4.69) is 22.5 Å². The maximum Gasteiger partial charge on any atom is 0.317 e. The fraction of sp³-hybridized carbons (Fsp3) is 0.889. The van der Waals surface area contributed by atoms with Crippen molar-refractivity contribution in [3.63, 3.8) is 0 Å². The summed E-state index contributed by atoms with van der Waals surface area (Å²) in [6.45, 7) is 6.46. The molecule has 1 aliphatic carbocycles. The van der Waals surface area contributed by atoms with Crippen LogP contribution in [-0.2, 0) is 4.79 Å². The second kappa shape index (κ2) is 8.19. The number of hydrogen-bond acceptors (Lipinski definition) is 3. The highest BCUT2D eigenvalue weighted by Crippen LogP contribution is 2.22. The molecule has 0 radical (unpaired) electrons. The van der Waals surface area contributed by atoms with Crippen molar-refractivity contribution in [3.8, 4) is 0 Å². The maximum atomic E-state index is 12.3. The lowest BCUT2D eigenvalue weighted by Crippen LogP contribution is -2.49. The largest absolute Gasteiger partial charge is 0.353 e. The van der Waals surface area contributed by atoms with Crippen molar-refractivity contribution in [3.05, 3.63) is 0 Å². The fourth-order valence-electron chi connectivity index (χ4n) is 3.80. The maximum absolute atomic E-state index is 12.3. The molecule has 3 rings (SSSR count). The molecule has 0 aromatic carbocycles. The van der Waals surface area contributed by atoms with Crippen LogP contribution >= 0.6 is 0 Å². The molecule has 2 heterocycles. The summed E-state index contributed by atoms with van der Waals surface area (Å²) >= 11 is 0. The molecule has 0 unspecified atom stereocenters. The van der Waals surface area contributed by atoms with Crippen LogP contribution in [0.3, 0.4) is 0 Å². The molecule has 2 N–H and O–H groups in total. The third-order valence-corrected chi connectivity index (χ3v) is 5.69. The minimum absolute atomic E-state index is 0.0284. The number of urea groups is 1. The van der Waals surface area contributed by atoms with E-state index in [0.29, 0.717) is 31.7 Å². The molecule has 3 amide bonds. The normalized spacial score (nSPS) is 26.2. The molecule has 3 aliphatic rings. The first kappa shape index (κ1) is 17.5. The SMILES string of the molecule is C[C@H]1CCCCN1CCNC(=O)N1CCC(C(=O)NC2CC2)CC1. The van der Waals surface area contributed by atoms with E-state index in [0.717, 1.165) is 38.8 Å². The van der Waals surface area contributed by atoms with Crippen LogP contribution in [0.5, 0.6) is 0 Å². The van der Waals surface area contributed by atoms with Crippen molar-refractivity contribution in [1.82, 2.24) is 20.4 Å². The lowest BCUT2D eigenvalue weighted by atomic mass is 9.96. The van der Waals surface area contributed by atoms with Gasteiger partial charge in [-0.2, -0.15) is 0 Å². The van der Waals surface area contributed by atoms with Gasteiger partial charge in [-0.3, -0.25) is 9.69 Å². The van der Waals surface area contributed by atoms with Gasteiger partial charge in [-0.05, 0) is 52.0 Å². The quantitative estimate of drug-likeness (QED) is 0.801. The van der Waals surface area contributed by atoms with E-state index in [1.807, 2.05) is 4.90 Å². The monoisotopic (exact) mass is 336 g/mol. The Morgan fingerprint density at radius 1 is 1.00 bits per heavy atom. The zero-order valence-corrected chi connectivity index (χ0v) is 14.9. The number of piperidine rings is 2. The van der Waals surface area contributed by atoms with Gasteiger partial charge in [0.15, 0.2) is 0 Å². The zero-order valence-electron chi connectivity index (χ0n) is 14.9. The summed E-state index contributed by atoms with van der Waals surface area (Å²) in [5.74, 6) is 0.278. The summed E-state index contributed by atoms with van der Waals surface area (Å²) in [6, 6.07) is 1.09. The van der Waals surface area contributed by atoms with E-state index >= 15 is 0 Å². The van der Waals surface area contributed by atoms with Crippen molar-refractivity contribution in [2.24, 2.45) is 5.92 Å². The average Bonchev–Trinajstić information content (AvgIpc) is 3.40. The van der Waals surface area contributed by atoms with Crippen LogP contribution in [0.2, 0.25) is 0 Å². The second-order valence-electron chi connectivity index (χ2n) is 7.66. The van der Waals surface area contributed by atoms with Crippen LogP contribution in [-0.4, -0.2) is 66.5 Å². The van der Waals surface area contributed by atoms with Gasteiger partial charge in [0.1, 0.15) is 0 Å². The Labute approximate surface area is 145 Å². The number of carbonyl (C=O) groups is 2. The van der Waals surface area contributed by atoms with Gasteiger partial charge in [-0.1, -0.05) is 6.42 Å². The molecule has 0 aromatic rings. The van der Waals surface area contributed by atoms with Gasteiger partial charge in [0.2, 0.25) is 5.91 Å². The summed E-state index contributed by atoms with van der Waals surface area (Å²) in [5.41, 5.74) is 0. The van der Waals surface area contributed by atoms with Crippen molar-refractivity contribution in [2.75, 3.05) is 32.7 Å². The lowest BCUT2D eigenvalue weighted by Gasteiger charge is -2.34. The van der Waals surface area contributed by atoms with Crippen molar-refractivity contribution >= 4 is 11.9 Å². The van der Waals surface area contributed by atoms with Gasteiger partial charge in [0.25, 0.3) is 0 Å². The molecular weight excluding hydrogens is 304 g/mol. The third-order valence-electron chi connectivity index (χ3n) is 5.69. The molecular formula is C18H32N4O2. The fourth-order valence-corrected chi connectivity index (χ4v) is 3.80. The molecule has 2 saturated heterocycles. The molecule has 0 aromatic heterocycles. The van der Waals surface area contributed by atoms with Gasteiger partial charge in [0, 0.05) is 44.2 Å². The Bertz CT molecular complexity index is 444. The van der Waals surface area contributed by atoms with Gasteiger partial charge in [-0.15, -0.1) is 0 Å². The van der Waals surface area contributed by atoms with E-state index < -0.39 is 0 Å². The van der Waals surface area contributed by atoms with E-state index in [4.69, 9.17) is 0 Å². The van der Waals surface area contributed by atoms with E-state index in [9.17, 15) is 9.59 Å². The molecule has 3 fully saturated rings. The summed E-state index contributed by atoms with van der Waals surface area (Å²) in [6.07, 6.45) is 7.70. The number of amides is 3. The predicted octanol–water partition coefficient (Wildman–Crippen LogP) is 1.56. The van der Waals surface area contributed by atoms with Crippen molar-refractivity contribution < 1.29 is 9.59 Å². The number of nitrogens with one attached hydrogen (secondary N) is 2. The number of rotatable bonds is 5. The van der Waals surface area contributed by atoms with Crippen LogP contribution in [0.25, 0.3) is 0 Å². The van der Waals surface area contributed by atoms with Gasteiger partial charge in [0.05, 0.1) is 0 Å². The van der Waals surface area contributed by atoms with Gasteiger partial charge in [-0.25, -0.2) is 4.79 Å². The standard InChI is InChI=1S/C18H32N4O2/c1-14-4-2-3-10-21(14)13-9-19-18(24)22-11-7-15(8-12-22)17(23)20-16-5-6-16/h14-16H,2-13H2,1H3,(H,19,24)(H,20,23)/t14-/m0/s1. The predicted molar refractivity (Wildman–Crippen MR) is 93.7 cm³/mol. The Hall–Kier alpha value is -1.30. The molecule has 2 aliphatic heterocycles. The van der Waals surface area contributed by atoms with Gasteiger partial charge < -0.3 is 15.5 Å². The first-order valence-electron chi connectivity index (χ1n) is 9.70. The van der Waals surface area contributed by atoms with Crippen LogP contribution < -0.4 is 10.6 Å². The Morgan fingerprint density at radius 2 is 1.75 bits per heavy atom. The van der Waals surface area contributed by atoms with Crippen LogP contribution in [0.4, 0.5) is 4.79 Å². The van der Waals surface area contributed by atoms with Gasteiger partial charge >= 0.3 is 6.03 Å². The molecule has 6 heteroatoms. The third kappa shape index (κ3) is 4.85. The minimum Gasteiger partial charge on any atom is -0.353 e. The Kier molecular flexibility index (Phi) is 5.98. The molecule has 1 saturated carbocycles. The Balaban J connectivity index is 1.32. The molecule has 6 nitrogen and oxygen atoms in total. The van der Waals surface area contributed by atoms with E-state index in [-0.39, 0.29) is 17.9 Å². The number of carbonyl (C=O) groups excluding carboxylic acids is 2. The molecule has 24 heavy (non-hydrogen) atoms. The van der Waals surface area contributed by atoms with E-state index in [1.54, 1.807) is 0 Å². The molecule has 1 atom stereocenters. The highest BCUT2D eigenvalue weighted by molar-refractivity contribution is 5.80. The highest BCUT2D eigenvalue weighted by Gasteiger charge is 2.31. The molecule has 0 bridgehead atoms. The Morgan fingerprint density at radius 3 is 2.42 bits per heavy atom. The first-order chi connectivity index (χ1) is 11.6. The smallest absolute Gasteiger partial charge is 0.317 e. The van der Waals surface area contributed by atoms with Crippen LogP contribution in [0.1, 0.15) is 51.9 Å². The number of likely N-dealkylation sites (tertiary alicyclic amines) is 2. The summed E-state index contributed by atoms with van der Waals surface area (Å²) < 4.78 is 0. The van der Waals surface area contributed by atoms with Crippen LogP contribution in [0.15, 0.2) is 0 Å². The average molecular weight is 336 g/mol. The molecule has 136 valence electrons. The minimum atomic E-state index is 0.0284. The zero-order chi connectivity index (χ0) is 16.9. The summed E-state index contributed by atoms with van der Waals surface area (Å²) in [7, 11) is 0. The van der Waals surface area contributed by atoms with Crippen LogP contribution in [0, 0.1) is 5.92 Å². The van der Waals surface area contributed by atoms with E-state index in [1.165, 1.54) is 19.3 Å². The topological polar surface area (TPSA) is 64.7 Å². The highest BCUT2D eigenvalue weighted by atomic mass is 16.2. The van der Waals surface area contributed by atoms with Crippen molar-refractivity contribution in [2.45, 2.75) is 64.0 Å². The summed E-state index contributed by atoms with van der Waals surface area (Å²) in [5, 5.41) is 6.13. The second-order valence-corrected chi connectivity index (χ2v) is 7.66. The van der Waals surface area contributed by atoms with Crippen molar-refractivity contribution in [1.29, 1.82) is 0 Å². The first-order valence-corrected chi connectivity index (χ1v) is 9.70. The lowest BCUT2D eigenvalue weighted by molar-refractivity contribution is -0.126.